The van der Waals surface area contributed by atoms with Gasteiger partial charge in [-0.05, 0) is 31.9 Å². The van der Waals surface area contributed by atoms with Gasteiger partial charge in [-0.1, -0.05) is 24.3 Å². The van der Waals surface area contributed by atoms with E-state index in [-0.39, 0.29) is 18.0 Å². The van der Waals surface area contributed by atoms with Crippen molar-refractivity contribution in [3.8, 4) is 0 Å². The van der Waals surface area contributed by atoms with Crippen molar-refractivity contribution in [2.24, 2.45) is 17.6 Å². The van der Waals surface area contributed by atoms with E-state index in [1.54, 1.807) is 27.8 Å². The van der Waals surface area contributed by atoms with Gasteiger partial charge in [0.1, 0.15) is 17.5 Å². The Morgan fingerprint density at radius 1 is 1.18 bits per heavy atom. The van der Waals surface area contributed by atoms with Crippen LogP contribution in [-0.2, 0) is 14.4 Å². The van der Waals surface area contributed by atoms with E-state index in [9.17, 15) is 23.2 Å². The van der Waals surface area contributed by atoms with E-state index in [1.807, 2.05) is 0 Å². The third-order valence-electron chi connectivity index (χ3n) is 4.37. The number of carbonyl (C=O) groups is 3. The van der Waals surface area contributed by atoms with Crippen molar-refractivity contribution < 1.29 is 28.3 Å². The van der Waals surface area contributed by atoms with E-state index in [0.29, 0.717) is 22.4 Å². The number of hydrogen-bond donors (Lipinski definition) is 4. The Bertz CT molecular complexity index is 793. The Kier molecular flexibility index (Phi) is 7.26. The molecule has 1 fully saturated rings. The summed E-state index contributed by atoms with van der Waals surface area (Å²) in [5.74, 6) is -10.5. The van der Waals surface area contributed by atoms with Crippen molar-refractivity contribution >= 4 is 17.7 Å². The standard InChI is InChI=1S/C19H25F2N3O4/c1-9(2)12(7-6-10(3)16(25)15(23-5)11(4)22)8-24-17(26)13-14(18(27)28)19(13,20)21/h6-7,13-14,23H,1,8,22H2,2-5H3,(H,24,26)(H,27,28)/b10-6+,12-7-,15-11+. The predicted octanol–water partition coefficient (Wildman–Crippen LogP) is 1.50. The highest BCUT2D eigenvalue weighted by atomic mass is 19.3. The summed E-state index contributed by atoms with van der Waals surface area (Å²) in [7, 11) is 1.57. The highest BCUT2D eigenvalue weighted by Crippen LogP contribution is 2.55. The molecule has 7 nitrogen and oxygen atoms in total. The van der Waals surface area contributed by atoms with Crippen LogP contribution in [0.3, 0.4) is 0 Å². The number of rotatable bonds is 9. The van der Waals surface area contributed by atoms with Crippen molar-refractivity contribution in [2.45, 2.75) is 26.7 Å². The first-order chi connectivity index (χ1) is 12.9. The molecule has 0 saturated heterocycles. The second kappa shape index (κ2) is 8.81. The SMILES string of the molecule is C=C(C)/C(=C\C=C(/C)C(=O)/C(NC)=C(/C)N)CNC(=O)C1C(C(=O)O)C1(F)F. The first kappa shape index (κ1) is 23.1. The maximum Gasteiger partial charge on any atom is 0.313 e. The minimum atomic E-state index is -3.55. The number of Topliss-reactive ketones (excluding diaryl/α,β-unsaturated/α-hetero) is 1. The number of carboxylic acids is 1. The molecule has 1 saturated carbocycles. The van der Waals surface area contributed by atoms with Crippen molar-refractivity contribution in [2.75, 3.05) is 13.6 Å². The van der Waals surface area contributed by atoms with Crippen LogP contribution in [-0.4, -0.2) is 42.3 Å². The van der Waals surface area contributed by atoms with Crippen molar-refractivity contribution in [3.63, 3.8) is 0 Å². The van der Waals surface area contributed by atoms with Crippen LogP contribution in [0.15, 0.2) is 46.8 Å². The lowest BCUT2D eigenvalue weighted by Gasteiger charge is -2.10. The lowest BCUT2D eigenvalue weighted by molar-refractivity contribution is -0.141. The Labute approximate surface area is 162 Å². The van der Waals surface area contributed by atoms with Gasteiger partial charge in [0.25, 0.3) is 5.92 Å². The van der Waals surface area contributed by atoms with Crippen LogP contribution in [0.25, 0.3) is 0 Å². The average molecular weight is 397 g/mol. The van der Waals surface area contributed by atoms with Crippen LogP contribution >= 0.6 is 0 Å². The van der Waals surface area contributed by atoms with Crippen LogP contribution < -0.4 is 16.4 Å². The van der Waals surface area contributed by atoms with Crippen LogP contribution in [0, 0.1) is 11.8 Å². The molecule has 0 aromatic heterocycles. The van der Waals surface area contributed by atoms with Gasteiger partial charge in [-0.2, -0.15) is 0 Å². The lowest BCUT2D eigenvalue weighted by atomic mass is 10.1. The van der Waals surface area contributed by atoms with E-state index in [1.165, 1.54) is 12.2 Å². The second-order valence-corrected chi connectivity index (χ2v) is 6.64. The summed E-state index contributed by atoms with van der Waals surface area (Å²) in [6.45, 7) is 8.43. The zero-order valence-electron chi connectivity index (χ0n) is 16.2. The molecule has 0 bridgehead atoms. The third kappa shape index (κ3) is 5.05. The molecule has 9 heteroatoms. The van der Waals surface area contributed by atoms with E-state index in [0.717, 1.165) is 0 Å². The van der Waals surface area contributed by atoms with Crippen LogP contribution in [0.1, 0.15) is 20.8 Å². The zero-order chi connectivity index (χ0) is 21.8. The fourth-order valence-corrected chi connectivity index (χ4v) is 2.59. The van der Waals surface area contributed by atoms with E-state index >= 15 is 0 Å². The van der Waals surface area contributed by atoms with Gasteiger partial charge in [0, 0.05) is 19.3 Å². The summed E-state index contributed by atoms with van der Waals surface area (Å²) in [6.07, 6.45) is 3.04. The number of ketones is 1. The fourth-order valence-electron chi connectivity index (χ4n) is 2.59. The lowest BCUT2D eigenvalue weighted by Crippen LogP contribution is -2.29. The number of alkyl halides is 2. The number of nitrogens with two attached hydrogens (primary N) is 1. The minimum Gasteiger partial charge on any atom is -0.481 e. The Balaban J connectivity index is 2.88. The zero-order valence-corrected chi connectivity index (χ0v) is 16.2. The van der Waals surface area contributed by atoms with E-state index in [2.05, 4.69) is 17.2 Å². The topological polar surface area (TPSA) is 122 Å². The smallest absolute Gasteiger partial charge is 0.313 e. The van der Waals surface area contributed by atoms with Crippen LogP contribution in [0.5, 0.6) is 0 Å². The van der Waals surface area contributed by atoms with Gasteiger partial charge in [0.05, 0.1) is 0 Å². The maximum absolute atomic E-state index is 13.4. The van der Waals surface area contributed by atoms with Crippen LogP contribution in [0.4, 0.5) is 8.78 Å². The summed E-state index contributed by atoms with van der Waals surface area (Å²) < 4.78 is 26.8. The Morgan fingerprint density at radius 3 is 2.14 bits per heavy atom. The first-order valence-electron chi connectivity index (χ1n) is 8.46. The minimum absolute atomic E-state index is 0.129. The van der Waals surface area contributed by atoms with Gasteiger partial charge in [-0.25, -0.2) is 8.78 Å². The normalized spacial score (nSPS) is 22.1. The molecule has 154 valence electrons. The molecule has 1 amide bonds. The molecular weight excluding hydrogens is 372 g/mol. The Morgan fingerprint density at radius 2 is 1.75 bits per heavy atom. The number of hydrogen-bond acceptors (Lipinski definition) is 5. The number of carbonyl (C=O) groups excluding carboxylic acids is 2. The molecule has 2 unspecified atom stereocenters. The predicted molar refractivity (Wildman–Crippen MR) is 100 cm³/mol. The number of likely N-dealkylation sites (N-methyl/N-ethyl adjacent to an activating group) is 1. The van der Waals surface area contributed by atoms with Gasteiger partial charge in [-0.15, -0.1) is 0 Å². The molecule has 0 heterocycles. The monoisotopic (exact) mass is 397 g/mol. The third-order valence-corrected chi connectivity index (χ3v) is 4.37. The number of aliphatic carboxylic acids is 1. The van der Waals surface area contributed by atoms with Crippen molar-refractivity contribution in [1.29, 1.82) is 0 Å². The van der Waals surface area contributed by atoms with Gasteiger partial charge in [-0.3, -0.25) is 14.4 Å². The largest absolute Gasteiger partial charge is 0.481 e. The highest BCUT2D eigenvalue weighted by Gasteiger charge is 2.75. The number of carboxylic acid groups (broad SMARTS) is 1. The molecule has 1 aliphatic rings. The van der Waals surface area contributed by atoms with Gasteiger partial charge in [0.15, 0.2) is 0 Å². The van der Waals surface area contributed by atoms with Crippen molar-refractivity contribution in [3.05, 3.63) is 46.8 Å². The molecule has 5 N–H and O–H groups in total. The fraction of sp³-hybridized carbons (Fsp3) is 0.421. The van der Waals surface area contributed by atoms with Gasteiger partial charge in [0.2, 0.25) is 11.7 Å². The molecule has 0 aromatic rings. The maximum atomic E-state index is 13.4. The molecule has 1 aliphatic carbocycles. The van der Waals surface area contributed by atoms with E-state index in [4.69, 9.17) is 10.8 Å². The van der Waals surface area contributed by atoms with Gasteiger partial charge >= 0.3 is 5.97 Å². The number of allylic oxidation sites excluding steroid dienone is 4. The number of amides is 1. The summed E-state index contributed by atoms with van der Waals surface area (Å²) in [5, 5.41) is 13.8. The summed E-state index contributed by atoms with van der Waals surface area (Å²) in [4.78, 5) is 35.0. The molecular formula is C19H25F2N3O4. The average Bonchev–Trinajstić information content (AvgIpc) is 3.16. The molecule has 2 atom stereocenters. The highest BCUT2D eigenvalue weighted by molar-refractivity contribution is 6.07. The van der Waals surface area contributed by atoms with E-state index < -0.39 is 29.6 Å². The quantitative estimate of drug-likeness (QED) is 0.346. The Hall–Kier alpha value is -2.97. The molecule has 0 aliphatic heterocycles. The summed E-state index contributed by atoms with van der Waals surface area (Å²) in [6, 6.07) is 0. The molecule has 0 aromatic carbocycles. The molecule has 1 rings (SSSR count). The summed E-state index contributed by atoms with van der Waals surface area (Å²) >= 11 is 0. The number of halogens is 2. The molecule has 0 radical (unpaired) electrons. The van der Waals surface area contributed by atoms with Gasteiger partial charge < -0.3 is 21.5 Å². The van der Waals surface area contributed by atoms with Crippen molar-refractivity contribution in [1.82, 2.24) is 10.6 Å². The number of nitrogens with one attached hydrogen (secondary N) is 2. The van der Waals surface area contributed by atoms with Crippen LogP contribution in [0.2, 0.25) is 0 Å². The first-order valence-corrected chi connectivity index (χ1v) is 8.46. The molecule has 28 heavy (non-hydrogen) atoms. The second-order valence-electron chi connectivity index (χ2n) is 6.64. The summed E-state index contributed by atoms with van der Waals surface area (Å²) in [5.41, 5.74) is 7.64. The molecule has 0 spiro atoms.